The number of hydrogen-bond donors (Lipinski definition) is 2. The first kappa shape index (κ1) is 30.1. The summed E-state index contributed by atoms with van der Waals surface area (Å²) in [7, 11) is -7.78. The molecular formula is C23H39N7O6S2. The van der Waals surface area contributed by atoms with E-state index in [4.69, 9.17) is 4.42 Å². The summed E-state index contributed by atoms with van der Waals surface area (Å²) in [5.41, 5.74) is 0.819. The molecule has 1 aliphatic heterocycles. The molecule has 2 aromatic rings. The Labute approximate surface area is 225 Å². The summed E-state index contributed by atoms with van der Waals surface area (Å²) in [4.78, 5) is 16.8. The van der Waals surface area contributed by atoms with Crippen LogP contribution < -0.4 is 10.0 Å². The van der Waals surface area contributed by atoms with Crippen LogP contribution in [0.2, 0.25) is 0 Å². The van der Waals surface area contributed by atoms with Gasteiger partial charge in [0.1, 0.15) is 6.26 Å². The summed E-state index contributed by atoms with van der Waals surface area (Å²) in [5.74, 6) is -0.873. The van der Waals surface area contributed by atoms with Gasteiger partial charge in [-0.2, -0.15) is 22.8 Å². The van der Waals surface area contributed by atoms with Gasteiger partial charge in [-0.3, -0.25) is 9.48 Å². The van der Waals surface area contributed by atoms with E-state index in [1.54, 1.807) is 4.68 Å². The second kappa shape index (κ2) is 11.3. The molecule has 3 heterocycles. The number of anilines is 2. The smallest absolute Gasteiger partial charge is 0.304 e. The van der Waals surface area contributed by atoms with Crippen LogP contribution in [0.4, 0.5) is 11.7 Å². The van der Waals surface area contributed by atoms with Crippen LogP contribution in [0.1, 0.15) is 83.0 Å². The van der Waals surface area contributed by atoms with E-state index < -0.39 is 31.6 Å². The lowest BCUT2D eigenvalue weighted by atomic mass is 10.0. The van der Waals surface area contributed by atoms with Crippen molar-refractivity contribution in [2.24, 2.45) is 5.41 Å². The molecule has 0 atom stereocenters. The van der Waals surface area contributed by atoms with Gasteiger partial charge in [0, 0.05) is 38.4 Å². The molecule has 214 valence electrons. The van der Waals surface area contributed by atoms with Crippen LogP contribution in [0.5, 0.6) is 0 Å². The van der Waals surface area contributed by atoms with Gasteiger partial charge >= 0.3 is 10.2 Å². The third-order valence-corrected chi connectivity index (χ3v) is 9.67. The van der Waals surface area contributed by atoms with Gasteiger partial charge in [0.2, 0.25) is 10.0 Å². The van der Waals surface area contributed by atoms with E-state index in [1.165, 1.54) is 4.31 Å². The van der Waals surface area contributed by atoms with Crippen molar-refractivity contribution >= 4 is 37.8 Å². The lowest BCUT2D eigenvalue weighted by Crippen LogP contribution is -2.45. The first-order valence-electron chi connectivity index (χ1n) is 12.6. The van der Waals surface area contributed by atoms with Gasteiger partial charge in [-0.15, -0.1) is 0 Å². The van der Waals surface area contributed by atoms with Crippen molar-refractivity contribution < 1.29 is 26.0 Å². The Morgan fingerprint density at radius 2 is 1.68 bits per heavy atom. The minimum Gasteiger partial charge on any atom is -0.431 e. The summed E-state index contributed by atoms with van der Waals surface area (Å²) in [5, 5.41) is 7.58. The number of oxazole rings is 1. The zero-order chi connectivity index (χ0) is 28.5. The third-order valence-electron chi connectivity index (χ3n) is 5.80. The van der Waals surface area contributed by atoms with Crippen molar-refractivity contribution in [3.63, 3.8) is 0 Å². The zero-order valence-corrected chi connectivity index (χ0v) is 24.7. The van der Waals surface area contributed by atoms with Crippen molar-refractivity contribution in [1.29, 1.82) is 0 Å². The van der Waals surface area contributed by atoms with E-state index in [0.717, 1.165) is 16.3 Å². The SMILES string of the molecule is CC(C)c1nn(C(C)C)cc1Nc1nc(C(=O)NS(=O)(=O)N2CCCN(S(=O)(=O)CC(C)(C)C)CC2)co1. The zero-order valence-electron chi connectivity index (χ0n) is 23.1. The molecule has 2 N–H and O–H groups in total. The number of hydrogen-bond acceptors (Lipinski definition) is 9. The van der Waals surface area contributed by atoms with Crippen LogP contribution in [0.3, 0.4) is 0 Å². The van der Waals surface area contributed by atoms with E-state index in [2.05, 4.69) is 15.4 Å². The molecule has 3 rings (SSSR count). The summed E-state index contributed by atoms with van der Waals surface area (Å²) < 4.78 is 63.0. The molecule has 1 saturated heterocycles. The largest absolute Gasteiger partial charge is 0.431 e. The quantitative estimate of drug-likeness (QED) is 0.460. The number of carbonyl (C=O) groups excluding carboxylic acids is 1. The van der Waals surface area contributed by atoms with Crippen LogP contribution in [0.15, 0.2) is 16.9 Å². The molecule has 13 nitrogen and oxygen atoms in total. The van der Waals surface area contributed by atoms with E-state index in [1.807, 2.05) is 59.4 Å². The molecule has 0 saturated carbocycles. The number of amides is 1. The Balaban J connectivity index is 1.66. The highest BCUT2D eigenvalue weighted by atomic mass is 32.2. The number of carbonyl (C=O) groups is 1. The van der Waals surface area contributed by atoms with E-state index in [-0.39, 0.29) is 55.6 Å². The number of nitrogens with one attached hydrogen (secondary N) is 2. The fourth-order valence-corrected chi connectivity index (χ4v) is 7.21. The lowest BCUT2D eigenvalue weighted by Gasteiger charge is -2.25. The Hall–Kier alpha value is -2.49. The van der Waals surface area contributed by atoms with Crippen LogP contribution in [-0.4, -0.2) is 78.0 Å². The van der Waals surface area contributed by atoms with Crippen molar-refractivity contribution in [2.75, 3.05) is 37.2 Å². The minimum absolute atomic E-state index is 0.00772. The third kappa shape index (κ3) is 7.55. The van der Waals surface area contributed by atoms with Gasteiger partial charge < -0.3 is 9.73 Å². The van der Waals surface area contributed by atoms with Crippen LogP contribution in [0, 0.1) is 5.41 Å². The van der Waals surface area contributed by atoms with Gasteiger partial charge in [0.05, 0.1) is 17.1 Å². The first-order chi connectivity index (χ1) is 17.5. The van der Waals surface area contributed by atoms with Crippen molar-refractivity contribution in [3.8, 4) is 0 Å². The second-order valence-electron chi connectivity index (χ2n) is 11.2. The fourth-order valence-electron chi connectivity index (χ4n) is 4.00. The average Bonchev–Trinajstić information content (AvgIpc) is 3.32. The predicted molar refractivity (Wildman–Crippen MR) is 144 cm³/mol. The summed E-state index contributed by atoms with van der Waals surface area (Å²) in [6.07, 6.45) is 3.19. The summed E-state index contributed by atoms with van der Waals surface area (Å²) >= 11 is 0. The molecule has 1 fully saturated rings. The molecule has 38 heavy (non-hydrogen) atoms. The van der Waals surface area contributed by atoms with Gasteiger partial charge in [0.15, 0.2) is 5.69 Å². The Bertz CT molecular complexity index is 1340. The van der Waals surface area contributed by atoms with Gasteiger partial charge in [-0.05, 0) is 31.6 Å². The standard InChI is InChI=1S/C23H39N7O6S2/c1-16(2)20-18(13-30(26-20)17(3)4)24-22-25-19(14-36-22)21(31)27-38(34,35)29-10-8-9-28(11-12-29)37(32,33)15-23(5,6)7/h13-14,16-17H,8-12,15H2,1-7H3,(H,24,25)(H,27,31). The van der Waals surface area contributed by atoms with Crippen molar-refractivity contribution in [1.82, 2.24) is 28.1 Å². The monoisotopic (exact) mass is 573 g/mol. The van der Waals surface area contributed by atoms with Gasteiger partial charge in [-0.25, -0.2) is 17.4 Å². The maximum absolute atomic E-state index is 12.9. The molecule has 15 heteroatoms. The second-order valence-corrected chi connectivity index (χ2v) is 14.9. The normalized spacial score (nSPS) is 16.7. The van der Waals surface area contributed by atoms with Crippen LogP contribution in [0.25, 0.3) is 0 Å². The van der Waals surface area contributed by atoms with Gasteiger partial charge in [-0.1, -0.05) is 34.6 Å². The molecular weight excluding hydrogens is 534 g/mol. The highest BCUT2D eigenvalue weighted by Crippen LogP contribution is 2.27. The Morgan fingerprint density at radius 3 is 2.29 bits per heavy atom. The number of nitrogens with zero attached hydrogens (tertiary/aromatic N) is 5. The molecule has 0 spiro atoms. The van der Waals surface area contributed by atoms with Crippen molar-refractivity contribution in [2.45, 2.75) is 66.8 Å². The maximum atomic E-state index is 12.9. The lowest BCUT2D eigenvalue weighted by molar-refractivity contribution is 0.0974. The highest BCUT2D eigenvalue weighted by molar-refractivity contribution is 7.89. The maximum Gasteiger partial charge on any atom is 0.304 e. The molecule has 0 aliphatic carbocycles. The number of sulfonamides is 1. The van der Waals surface area contributed by atoms with E-state index in [0.29, 0.717) is 12.1 Å². The van der Waals surface area contributed by atoms with E-state index >= 15 is 0 Å². The molecule has 0 bridgehead atoms. The summed E-state index contributed by atoms with van der Waals surface area (Å²) in [6, 6.07) is 0.163. The number of rotatable bonds is 9. The first-order valence-corrected chi connectivity index (χ1v) is 15.6. The average molecular weight is 574 g/mol. The van der Waals surface area contributed by atoms with Crippen LogP contribution in [-0.2, 0) is 20.2 Å². The molecule has 0 unspecified atom stereocenters. The van der Waals surface area contributed by atoms with Gasteiger partial charge in [0.25, 0.3) is 11.9 Å². The van der Waals surface area contributed by atoms with Crippen molar-refractivity contribution in [3.05, 3.63) is 23.8 Å². The molecule has 1 aliphatic rings. The highest BCUT2D eigenvalue weighted by Gasteiger charge is 2.33. The minimum atomic E-state index is -4.23. The predicted octanol–water partition coefficient (Wildman–Crippen LogP) is 2.68. The Morgan fingerprint density at radius 1 is 1.05 bits per heavy atom. The fraction of sp³-hybridized carbons (Fsp3) is 0.696. The van der Waals surface area contributed by atoms with Crippen LogP contribution >= 0.6 is 0 Å². The Kier molecular flexibility index (Phi) is 8.95. The van der Waals surface area contributed by atoms with E-state index in [9.17, 15) is 21.6 Å². The molecule has 0 aromatic carbocycles. The molecule has 2 aromatic heterocycles. The molecule has 1 amide bonds. The molecule has 0 radical (unpaired) electrons. The topological polar surface area (TPSA) is 160 Å². The number of aromatic nitrogens is 3. The summed E-state index contributed by atoms with van der Waals surface area (Å²) in [6.45, 7) is 13.7.